The third-order valence-electron chi connectivity index (χ3n) is 4.96. The van der Waals surface area contributed by atoms with E-state index in [4.69, 9.17) is 10.5 Å². The van der Waals surface area contributed by atoms with Gasteiger partial charge >= 0.3 is 0 Å². The molecule has 3 heteroatoms. The van der Waals surface area contributed by atoms with Crippen LogP contribution in [-0.2, 0) is 4.74 Å². The first-order valence-corrected chi connectivity index (χ1v) is 6.81. The zero-order chi connectivity index (χ0) is 11.2. The Labute approximate surface area is 98.3 Å². The van der Waals surface area contributed by atoms with Gasteiger partial charge in [-0.15, -0.1) is 0 Å². The van der Waals surface area contributed by atoms with Gasteiger partial charge in [-0.1, -0.05) is 0 Å². The number of piperidine rings is 1. The number of rotatable bonds is 1. The molecule has 3 aliphatic heterocycles. The van der Waals surface area contributed by atoms with Crippen molar-refractivity contribution in [2.45, 2.75) is 69.1 Å². The number of nitrogens with two attached hydrogens (primary N) is 1. The summed E-state index contributed by atoms with van der Waals surface area (Å²) in [5, 5.41) is 0. The molecule has 2 atom stereocenters. The third-order valence-corrected chi connectivity index (χ3v) is 4.96. The third kappa shape index (κ3) is 1.69. The van der Waals surface area contributed by atoms with Gasteiger partial charge in [0.05, 0.1) is 0 Å². The van der Waals surface area contributed by atoms with E-state index in [0.29, 0.717) is 11.6 Å². The van der Waals surface area contributed by atoms with Gasteiger partial charge in [0.15, 0.2) is 0 Å². The van der Waals surface area contributed by atoms with E-state index in [0.717, 1.165) is 25.3 Å². The fraction of sp³-hybridized carbons (Fsp3) is 1.00. The summed E-state index contributed by atoms with van der Waals surface area (Å²) in [7, 11) is 0. The largest absolute Gasteiger partial charge is 0.381 e. The summed E-state index contributed by atoms with van der Waals surface area (Å²) in [4.78, 5) is 2.82. The summed E-state index contributed by atoms with van der Waals surface area (Å²) in [6.45, 7) is 4.33. The standard InChI is InChI=1S/C13H24N2O/c1-13(4-6-16-7-5-13)15-11-2-3-12(15)9-10(14)8-11/h10-12H,2-9,14H2,1H3. The Kier molecular flexibility index (Phi) is 2.73. The van der Waals surface area contributed by atoms with E-state index in [2.05, 4.69) is 11.8 Å². The van der Waals surface area contributed by atoms with Gasteiger partial charge < -0.3 is 10.5 Å². The minimum atomic E-state index is 0.393. The zero-order valence-electron chi connectivity index (χ0n) is 10.3. The number of hydrogen-bond acceptors (Lipinski definition) is 3. The molecule has 3 heterocycles. The summed E-state index contributed by atoms with van der Waals surface area (Å²) in [5.74, 6) is 0. The van der Waals surface area contributed by atoms with Gasteiger partial charge in [0.1, 0.15) is 0 Å². The van der Waals surface area contributed by atoms with Crippen LogP contribution in [-0.4, -0.2) is 41.8 Å². The van der Waals surface area contributed by atoms with Gasteiger partial charge in [0.2, 0.25) is 0 Å². The quantitative estimate of drug-likeness (QED) is 0.734. The predicted octanol–water partition coefficient (Wildman–Crippen LogP) is 1.51. The van der Waals surface area contributed by atoms with Crippen LogP contribution < -0.4 is 5.73 Å². The van der Waals surface area contributed by atoms with Crippen LogP contribution in [0, 0.1) is 0 Å². The van der Waals surface area contributed by atoms with Gasteiger partial charge in [0, 0.05) is 36.9 Å². The molecule has 0 aromatic heterocycles. The zero-order valence-corrected chi connectivity index (χ0v) is 10.3. The molecule has 0 saturated carbocycles. The summed E-state index contributed by atoms with van der Waals surface area (Å²) in [5.41, 5.74) is 6.53. The molecule has 16 heavy (non-hydrogen) atoms. The van der Waals surface area contributed by atoms with Crippen molar-refractivity contribution in [3.8, 4) is 0 Å². The first kappa shape index (κ1) is 11.0. The van der Waals surface area contributed by atoms with Gasteiger partial charge in [0.25, 0.3) is 0 Å². The highest BCUT2D eigenvalue weighted by Gasteiger charge is 2.48. The van der Waals surface area contributed by atoms with Crippen molar-refractivity contribution in [3.63, 3.8) is 0 Å². The fourth-order valence-electron chi connectivity index (χ4n) is 4.17. The SMILES string of the molecule is CC1(N2C3CCC2CC(N)C3)CCOCC1. The highest BCUT2D eigenvalue weighted by molar-refractivity contribution is 5.04. The molecule has 0 aromatic rings. The van der Waals surface area contributed by atoms with Gasteiger partial charge in [-0.3, -0.25) is 4.90 Å². The molecule has 0 spiro atoms. The van der Waals surface area contributed by atoms with E-state index in [1.807, 2.05) is 0 Å². The van der Waals surface area contributed by atoms with Crippen molar-refractivity contribution < 1.29 is 4.74 Å². The smallest absolute Gasteiger partial charge is 0.0483 e. The topological polar surface area (TPSA) is 38.5 Å². The van der Waals surface area contributed by atoms with Crippen molar-refractivity contribution in [2.24, 2.45) is 5.73 Å². The number of ether oxygens (including phenoxy) is 1. The van der Waals surface area contributed by atoms with E-state index in [1.165, 1.54) is 38.5 Å². The van der Waals surface area contributed by atoms with E-state index < -0.39 is 0 Å². The summed E-state index contributed by atoms with van der Waals surface area (Å²) in [6, 6.07) is 1.98. The molecule has 3 fully saturated rings. The Morgan fingerprint density at radius 2 is 1.69 bits per heavy atom. The Balaban J connectivity index is 1.79. The Bertz CT molecular complexity index is 249. The van der Waals surface area contributed by atoms with E-state index in [-0.39, 0.29) is 0 Å². The minimum absolute atomic E-state index is 0.393. The molecule has 0 amide bonds. The van der Waals surface area contributed by atoms with Crippen molar-refractivity contribution in [1.29, 1.82) is 0 Å². The van der Waals surface area contributed by atoms with Crippen molar-refractivity contribution in [2.75, 3.05) is 13.2 Å². The maximum Gasteiger partial charge on any atom is 0.0483 e. The summed E-state index contributed by atoms with van der Waals surface area (Å²) in [6.07, 6.45) is 7.58. The van der Waals surface area contributed by atoms with Crippen LogP contribution in [0.4, 0.5) is 0 Å². The first-order valence-electron chi connectivity index (χ1n) is 6.81. The molecule has 3 aliphatic rings. The number of fused-ring (bicyclic) bond motifs is 2. The molecule has 92 valence electrons. The first-order chi connectivity index (χ1) is 7.69. The van der Waals surface area contributed by atoms with Crippen LogP contribution in [0.1, 0.15) is 45.4 Å². The molecule has 0 aromatic carbocycles. The van der Waals surface area contributed by atoms with Crippen LogP contribution in [0.3, 0.4) is 0 Å². The van der Waals surface area contributed by atoms with Crippen molar-refractivity contribution >= 4 is 0 Å². The average molecular weight is 224 g/mol. The fourth-order valence-corrected chi connectivity index (χ4v) is 4.17. The molecule has 2 N–H and O–H groups in total. The number of hydrogen-bond donors (Lipinski definition) is 1. The van der Waals surface area contributed by atoms with Crippen molar-refractivity contribution in [1.82, 2.24) is 4.90 Å². The Hall–Kier alpha value is -0.120. The normalized spacial score (nSPS) is 43.5. The summed E-state index contributed by atoms with van der Waals surface area (Å²) < 4.78 is 5.52. The Morgan fingerprint density at radius 1 is 1.12 bits per heavy atom. The molecule has 3 saturated heterocycles. The lowest BCUT2D eigenvalue weighted by Gasteiger charge is -2.51. The molecule has 0 radical (unpaired) electrons. The monoisotopic (exact) mass is 224 g/mol. The van der Waals surface area contributed by atoms with Gasteiger partial charge in [-0.2, -0.15) is 0 Å². The van der Waals surface area contributed by atoms with Crippen LogP contribution >= 0.6 is 0 Å². The second-order valence-corrected chi connectivity index (χ2v) is 6.13. The lowest BCUT2D eigenvalue weighted by atomic mass is 9.84. The lowest BCUT2D eigenvalue weighted by Crippen LogP contribution is -2.59. The lowest BCUT2D eigenvalue weighted by molar-refractivity contribution is -0.0569. The highest BCUT2D eigenvalue weighted by Crippen LogP contribution is 2.43. The van der Waals surface area contributed by atoms with Crippen LogP contribution in [0.25, 0.3) is 0 Å². The summed E-state index contributed by atoms with van der Waals surface area (Å²) >= 11 is 0. The molecule has 2 bridgehead atoms. The van der Waals surface area contributed by atoms with Crippen molar-refractivity contribution in [3.05, 3.63) is 0 Å². The second kappa shape index (κ2) is 3.97. The van der Waals surface area contributed by atoms with Gasteiger partial charge in [-0.05, 0) is 45.4 Å². The molecule has 0 aliphatic carbocycles. The van der Waals surface area contributed by atoms with E-state index >= 15 is 0 Å². The van der Waals surface area contributed by atoms with Gasteiger partial charge in [-0.25, -0.2) is 0 Å². The van der Waals surface area contributed by atoms with E-state index in [9.17, 15) is 0 Å². The van der Waals surface area contributed by atoms with E-state index in [1.54, 1.807) is 0 Å². The maximum absolute atomic E-state index is 6.14. The minimum Gasteiger partial charge on any atom is -0.381 e. The van der Waals surface area contributed by atoms with Crippen LogP contribution in [0.15, 0.2) is 0 Å². The molecule has 3 rings (SSSR count). The Morgan fingerprint density at radius 3 is 2.25 bits per heavy atom. The molecule has 2 unspecified atom stereocenters. The second-order valence-electron chi connectivity index (χ2n) is 6.13. The maximum atomic E-state index is 6.14. The van der Waals surface area contributed by atoms with Crippen LogP contribution in [0.2, 0.25) is 0 Å². The molecule has 3 nitrogen and oxygen atoms in total. The predicted molar refractivity (Wildman–Crippen MR) is 64.3 cm³/mol. The molecular weight excluding hydrogens is 200 g/mol. The average Bonchev–Trinajstić information content (AvgIpc) is 2.54. The van der Waals surface area contributed by atoms with Crippen LogP contribution in [0.5, 0.6) is 0 Å². The highest BCUT2D eigenvalue weighted by atomic mass is 16.5. The number of nitrogens with zero attached hydrogens (tertiary/aromatic N) is 1. The molecular formula is C13H24N2O.